The Balaban J connectivity index is 1.76. The van der Waals surface area contributed by atoms with E-state index in [0.29, 0.717) is 19.4 Å². The highest BCUT2D eigenvalue weighted by Crippen LogP contribution is 2.49. The summed E-state index contributed by atoms with van der Waals surface area (Å²) < 4.78 is 0. The van der Waals surface area contributed by atoms with Gasteiger partial charge >= 0.3 is 0 Å². The van der Waals surface area contributed by atoms with Gasteiger partial charge in [-0.15, -0.1) is 0 Å². The van der Waals surface area contributed by atoms with Crippen LogP contribution in [0.15, 0.2) is 30.3 Å². The molecule has 0 spiro atoms. The van der Waals surface area contributed by atoms with Crippen molar-refractivity contribution in [1.29, 1.82) is 0 Å². The van der Waals surface area contributed by atoms with Gasteiger partial charge in [-0.1, -0.05) is 18.2 Å². The zero-order valence-electron chi connectivity index (χ0n) is 14.0. The standard InChI is InChI=1S/C18H25N3O2/c1-3-21(15-7-5-4-6-8-15)17(23)18(9-10-18)16(22)20-13-11-19(2)12-14-20/h4-8H,3,9-14H2,1-2H3. The third-order valence-electron chi connectivity index (χ3n) is 4.99. The van der Waals surface area contributed by atoms with Crippen LogP contribution in [0.2, 0.25) is 0 Å². The number of amides is 2. The number of benzene rings is 1. The Morgan fingerprint density at radius 1 is 1.09 bits per heavy atom. The number of likely N-dealkylation sites (N-methyl/N-ethyl adjacent to an activating group) is 1. The second kappa shape index (κ2) is 6.32. The molecule has 3 rings (SSSR count). The summed E-state index contributed by atoms with van der Waals surface area (Å²) in [5, 5.41) is 0. The highest BCUT2D eigenvalue weighted by Gasteiger charge is 2.59. The van der Waals surface area contributed by atoms with Crippen LogP contribution < -0.4 is 4.90 Å². The predicted molar refractivity (Wildman–Crippen MR) is 90.2 cm³/mol. The van der Waals surface area contributed by atoms with Gasteiger partial charge in [0.25, 0.3) is 0 Å². The SMILES string of the molecule is CCN(C(=O)C1(C(=O)N2CCN(C)CC2)CC1)c1ccccc1. The average Bonchev–Trinajstić information content (AvgIpc) is 3.38. The molecule has 5 nitrogen and oxygen atoms in total. The van der Waals surface area contributed by atoms with E-state index >= 15 is 0 Å². The van der Waals surface area contributed by atoms with Gasteiger partial charge in [0, 0.05) is 38.4 Å². The zero-order chi connectivity index (χ0) is 16.4. The molecule has 0 radical (unpaired) electrons. The molecule has 1 aliphatic heterocycles. The maximum absolute atomic E-state index is 13.1. The van der Waals surface area contributed by atoms with E-state index in [4.69, 9.17) is 0 Å². The first-order valence-electron chi connectivity index (χ1n) is 8.43. The molecule has 0 atom stereocenters. The number of nitrogens with zero attached hydrogens (tertiary/aromatic N) is 3. The summed E-state index contributed by atoms with van der Waals surface area (Å²) in [6.45, 7) is 5.75. The normalized spacial score (nSPS) is 20.2. The van der Waals surface area contributed by atoms with E-state index in [-0.39, 0.29) is 11.8 Å². The Kier molecular flexibility index (Phi) is 4.39. The van der Waals surface area contributed by atoms with Crippen molar-refractivity contribution in [2.75, 3.05) is 44.7 Å². The molecule has 2 aliphatic rings. The van der Waals surface area contributed by atoms with Crippen molar-refractivity contribution in [3.05, 3.63) is 30.3 Å². The fourth-order valence-corrected chi connectivity index (χ4v) is 3.27. The van der Waals surface area contributed by atoms with Gasteiger partial charge < -0.3 is 14.7 Å². The van der Waals surface area contributed by atoms with Crippen LogP contribution in [0.25, 0.3) is 0 Å². The van der Waals surface area contributed by atoms with E-state index in [1.807, 2.05) is 42.2 Å². The molecule has 23 heavy (non-hydrogen) atoms. The van der Waals surface area contributed by atoms with Crippen LogP contribution in [-0.4, -0.2) is 61.4 Å². The molecule has 1 saturated carbocycles. The molecule has 0 N–H and O–H groups in total. The second-order valence-electron chi connectivity index (χ2n) is 6.56. The smallest absolute Gasteiger partial charge is 0.242 e. The Bertz CT molecular complexity index is 575. The lowest BCUT2D eigenvalue weighted by Crippen LogP contribution is -2.53. The summed E-state index contributed by atoms with van der Waals surface area (Å²) in [7, 11) is 2.06. The Morgan fingerprint density at radius 2 is 1.70 bits per heavy atom. The van der Waals surface area contributed by atoms with Gasteiger partial charge in [0.1, 0.15) is 5.41 Å². The molecular formula is C18H25N3O2. The summed E-state index contributed by atoms with van der Waals surface area (Å²) in [5.74, 6) is 0.000101. The van der Waals surface area contributed by atoms with E-state index < -0.39 is 5.41 Å². The fourth-order valence-electron chi connectivity index (χ4n) is 3.27. The monoisotopic (exact) mass is 315 g/mol. The van der Waals surface area contributed by atoms with Gasteiger partial charge in [-0.05, 0) is 38.9 Å². The third-order valence-corrected chi connectivity index (χ3v) is 4.99. The molecule has 0 aromatic heterocycles. The third kappa shape index (κ3) is 2.98. The van der Waals surface area contributed by atoms with Crippen LogP contribution >= 0.6 is 0 Å². The van der Waals surface area contributed by atoms with Crippen molar-refractivity contribution in [3.63, 3.8) is 0 Å². The molecule has 0 bridgehead atoms. The molecular weight excluding hydrogens is 290 g/mol. The summed E-state index contributed by atoms with van der Waals surface area (Å²) in [4.78, 5) is 31.9. The molecule has 0 unspecified atom stereocenters. The first-order valence-corrected chi connectivity index (χ1v) is 8.43. The van der Waals surface area contributed by atoms with Crippen molar-refractivity contribution in [2.45, 2.75) is 19.8 Å². The first kappa shape index (κ1) is 16.0. The molecule has 1 aromatic rings. The number of para-hydroxylation sites is 1. The highest BCUT2D eigenvalue weighted by atomic mass is 16.2. The Morgan fingerprint density at radius 3 is 2.22 bits per heavy atom. The van der Waals surface area contributed by atoms with Crippen molar-refractivity contribution in [3.8, 4) is 0 Å². The lowest BCUT2D eigenvalue weighted by atomic mass is 10.0. The topological polar surface area (TPSA) is 43.9 Å². The molecule has 5 heteroatoms. The average molecular weight is 315 g/mol. The summed E-state index contributed by atoms with van der Waals surface area (Å²) >= 11 is 0. The zero-order valence-corrected chi connectivity index (χ0v) is 14.0. The van der Waals surface area contributed by atoms with Crippen molar-refractivity contribution >= 4 is 17.5 Å². The van der Waals surface area contributed by atoms with E-state index in [1.54, 1.807) is 4.90 Å². The number of piperazine rings is 1. The minimum Gasteiger partial charge on any atom is -0.339 e. The molecule has 1 saturated heterocycles. The van der Waals surface area contributed by atoms with Gasteiger partial charge in [-0.2, -0.15) is 0 Å². The van der Waals surface area contributed by atoms with E-state index in [9.17, 15) is 9.59 Å². The highest BCUT2D eigenvalue weighted by molar-refractivity contribution is 6.14. The lowest BCUT2D eigenvalue weighted by molar-refractivity contribution is -0.144. The van der Waals surface area contributed by atoms with Crippen molar-refractivity contribution in [2.24, 2.45) is 5.41 Å². The van der Waals surface area contributed by atoms with Crippen LogP contribution in [0.3, 0.4) is 0 Å². The number of carbonyl (C=O) groups is 2. The molecule has 124 valence electrons. The quantitative estimate of drug-likeness (QED) is 0.793. The summed E-state index contributed by atoms with van der Waals surface area (Å²) in [6.07, 6.45) is 1.36. The van der Waals surface area contributed by atoms with Crippen molar-refractivity contribution in [1.82, 2.24) is 9.80 Å². The number of anilines is 1. The summed E-state index contributed by atoms with van der Waals surface area (Å²) in [5.41, 5.74) is 0.0688. The van der Waals surface area contributed by atoms with Crippen LogP contribution in [0.4, 0.5) is 5.69 Å². The number of rotatable bonds is 4. The fraction of sp³-hybridized carbons (Fsp3) is 0.556. The molecule has 1 aromatic carbocycles. The van der Waals surface area contributed by atoms with Crippen LogP contribution in [-0.2, 0) is 9.59 Å². The number of carbonyl (C=O) groups excluding carboxylic acids is 2. The minimum absolute atomic E-state index is 0.0323. The Labute approximate surface area is 137 Å². The predicted octanol–water partition coefficient (Wildman–Crippen LogP) is 1.59. The largest absolute Gasteiger partial charge is 0.339 e. The van der Waals surface area contributed by atoms with E-state index in [0.717, 1.165) is 31.9 Å². The Hall–Kier alpha value is -1.88. The van der Waals surface area contributed by atoms with Crippen LogP contribution in [0.5, 0.6) is 0 Å². The first-order chi connectivity index (χ1) is 11.1. The maximum Gasteiger partial charge on any atom is 0.242 e. The summed E-state index contributed by atoms with van der Waals surface area (Å²) in [6, 6.07) is 9.64. The number of hydrogen-bond acceptors (Lipinski definition) is 3. The number of hydrogen-bond donors (Lipinski definition) is 0. The maximum atomic E-state index is 13.1. The molecule has 2 amide bonds. The van der Waals surface area contributed by atoms with Crippen LogP contribution in [0, 0.1) is 5.41 Å². The van der Waals surface area contributed by atoms with Crippen LogP contribution in [0.1, 0.15) is 19.8 Å². The molecule has 1 aliphatic carbocycles. The van der Waals surface area contributed by atoms with Gasteiger partial charge in [0.05, 0.1) is 0 Å². The van der Waals surface area contributed by atoms with Gasteiger partial charge in [-0.25, -0.2) is 0 Å². The van der Waals surface area contributed by atoms with Gasteiger partial charge in [0.2, 0.25) is 11.8 Å². The molecule has 1 heterocycles. The second-order valence-corrected chi connectivity index (χ2v) is 6.56. The van der Waals surface area contributed by atoms with Gasteiger partial charge in [-0.3, -0.25) is 9.59 Å². The van der Waals surface area contributed by atoms with E-state index in [2.05, 4.69) is 11.9 Å². The lowest BCUT2D eigenvalue weighted by Gasteiger charge is -2.35. The minimum atomic E-state index is -0.804. The van der Waals surface area contributed by atoms with Gasteiger partial charge in [0.15, 0.2) is 0 Å². The molecule has 2 fully saturated rings. The van der Waals surface area contributed by atoms with Crippen molar-refractivity contribution < 1.29 is 9.59 Å². The van der Waals surface area contributed by atoms with E-state index in [1.165, 1.54) is 0 Å².